The van der Waals surface area contributed by atoms with Crippen molar-refractivity contribution in [3.8, 4) is 0 Å². The maximum absolute atomic E-state index is 6.83. The Morgan fingerprint density at radius 2 is 2.44 bits per heavy atom. The third kappa shape index (κ3) is 3.73. The SMILES string of the molecule is CCNC/C(C=N)=C/N. The predicted octanol–water partition coefficient (Wildman–Crippen LogP) is 0.0881. The molecule has 0 aromatic heterocycles. The van der Waals surface area contributed by atoms with Crippen molar-refractivity contribution in [3.63, 3.8) is 0 Å². The Kier molecular flexibility index (Phi) is 4.82. The van der Waals surface area contributed by atoms with Crippen LogP contribution >= 0.6 is 0 Å². The van der Waals surface area contributed by atoms with Gasteiger partial charge in [-0.15, -0.1) is 0 Å². The molecule has 3 nitrogen and oxygen atoms in total. The second-order valence-electron chi connectivity index (χ2n) is 1.67. The molecule has 0 spiro atoms. The summed E-state index contributed by atoms with van der Waals surface area (Å²) in [4.78, 5) is 0. The highest BCUT2D eigenvalue weighted by molar-refractivity contribution is 5.75. The lowest BCUT2D eigenvalue weighted by atomic mass is 10.3. The molecule has 0 heterocycles. The van der Waals surface area contributed by atoms with Crippen LogP contribution in [-0.4, -0.2) is 19.3 Å². The standard InChI is InChI=1S/C6H13N3/c1-2-9-5-6(3-7)4-8/h3-4,7,9H,2,5,8H2,1H3/b6-4+,7-3?. The third-order valence-electron chi connectivity index (χ3n) is 0.979. The first-order valence-corrected chi connectivity index (χ1v) is 2.97. The largest absolute Gasteiger partial charge is 0.404 e. The zero-order valence-corrected chi connectivity index (χ0v) is 5.65. The number of likely N-dealkylation sites (N-methyl/N-ethyl adjacent to an activating group) is 1. The van der Waals surface area contributed by atoms with Gasteiger partial charge in [-0.05, 0) is 18.3 Å². The summed E-state index contributed by atoms with van der Waals surface area (Å²) < 4.78 is 0. The minimum Gasteiger partial charge on any atom is -0.404 e. The van der Waals surface area contributed by atoms with Gasteiger partial charge in [0.05, 0.1) is 0 Å². The quantitative estimate of drug-likeness (QED) is 0.469. The van der Waals surface area contributed by atoms with E-state index in [1.807, 2.05) is 6.92 Å². The molecule has 0 bridgehead atoms. The van der Waals surface area contributed by atoms with Crippen LogP contribution in [0.25, 0.3) is 0 Å². The summed E-state index contributed by atoms with van der Waals surface area (Å²) in [5, 5.41) is 9.88. The molecule has 0 radical (unpaired) electrons. The molecule has 0 aliphatic carbocycles. The van der Waals surface area contributed by atoms with Crippen molar-refractivity contribution >= 4 is 6.21 Å². The van der Waals surface area contributed by atoms with E-state index in [4.69, 9.17) is 11.1 Å². The van der Waals surface area contributed by atoms with E-state index in [0.29, 0.717) is 6.54 Å². The molecule has 3 heteroatoms. The molecule has 0 aliphatic heterocycles. The zero-order valence-electron chi connectivity index (χ0n) is 5.65. The van der Waals surface area contributed by atoms with Gasteiger partial charge in [0.25, 0.3) is 0 Å². The van der Waals surface area contributed by atoms with Crippen molar-refractivity contribution in [2.45, 2.75) is 6.92 Å². The maximum atomic E-state index is 6.83. The molecular formula is C6H13N3. The van der Waals surface area contributed by atoms with Crippen LogP contribution in [0.2, 0.25) is 0 Å². The number of hydrogen-bond donors (Lipinski definition) is 3. The Bertz CT molecular complexity index is 107. The van der Waals surface area contributed by atoms with Gasteiger partial charge < -0.3 is 16.5 Å². The van der Waals surface area contributed by atoms with Crippen LogP contribution in [0.5, 0.6) is 0 Å². The second kappa shape index (κ2) is 5.31. The topological polar surface area (TPSA) is 61.9 Å². The Balaban J connectivity index is 3.45. The Morgan fingerprint density at radius 3 is 2.78 bits per heavy atom. The smallest absolute Gasteiger partial charge is 0.0237 e. The molecule has 0 saturated heterocycles. The van der Waals surface area contributed by atoms with Gasteiger partial charge in [0.15, 0.2) is 0 Å². The van der Waals surface area contributed by atoms with Crippen molar-refractivity contribution in [2.24, 2.45) is 5.73 Å². The number of nitrogens with two attached hydrogens (primary N) is 1. The van der Waals surface area contributed by atoms with E-state index in [9.17, 15) is 0 Å². The van der Waals surface area contributed by atoms with Crippen molar-refractivity contribution in [2.75, 3.05) is 13.1 Å². The fourth-order valence-corrected chi connectivity index (χ4v) is 0.427. The maximum Gasteiger partial charge on any atom is 0.0237 e. The molecule has 0 aromatic carbocycles. The lowest BCUT2D eigenvalue weighted by Crippen LogP contribution is -2.17. The van der Waals surface area contributed by atoms with Gasteiger partial charge >= 0.3 is 0 Å². The first-order chi connectivity index (χ1) is 4.35. The lowest BCUT2D eigenvalue weighted by Gasteiger charge is -1.98. The van der Waals surface area contributed by atoms with E-state index >= 15 is 0 Å². The Labute approximate surface area is 55.4 Å². The molecule has 52 valence electrons. The monoisotopic (exact) mass is 127 g/mol. The normalized spacial score (nSPS) is 11.4. The van der Waals surface area contributed by atoms with Crippen molar-refractivity contribution in [1.82, 2.24) is 5.32 Å². The molecule has 0 atom stereocenters. The van der Waals surface area contributed by atoms with Gasteiger partial charge in [0.2, 0.25) is 0 Å². The average molecular weight is 127 g/mol. The van der Waals surface area contributed by atoms with Gasteiger partial charge in [0, 0.05) is 12.8 Å². The number of hydrogen-bond acceptors (Lipinski definition) is 3. The zero-order chi connectivity index (χ0) is 7.11. The molecule has 0 rings (SSSR count). The molecule has 0 aromatic rings. The summed E-state index contributed by atoms with van der Waals surface area (Å²) >= 11 is 0. The highest BCUT2D eigenvalue weighted by atomic mass is 14.8. The minimum absolute atomic E-state index is 0.691. The van der Waals surface area contributed by atoms with Crippen LogP contribution in [0.4, 0.5) is 0 Å². The lowest BCUT2D eigenvalue weighted by molar-refractivity contribution is 0.789. The Morgan fingerprint density at radius 1 is 1.78 bits per heavy atom. The summed E-state index contributed by atoms with van der Waals surface area (Å²) in [5.74, 6) is 0. The third-order valence-corrected chi connectivity index (χ3v) is 0.979. The summed E-state index contributed by atoms with van der Waals surface area (Å²) in [6.07, 6.45) is 2.69. The summed E-state index contributed by atoms with van der Waals surface area (Å²) in [6, 6.07) is 0. The van der Waals surface area contributed by atoms with E-state index in [0.717, 1.165) is 12.1 Å². The molecule has 4 N–H and O–H groups in total. The Hall–Kier alpha value is -0.830. The van der Waals surface area contributed by atoms with Crippen LogP contribution < -0.4 is 11.1 Å². The average Bonchev–Trinajstić information content (AvgIpc) is 1.91. The predicted molar refractivity (Wildman–Crippen MR) is 39.6 cm³/mol. The molecular weight excluding hydrogens is 114 g/mol. The first-order valence-electron chi connectivity index (χ1n) is 2.97. The van der Waals surface area contributed by atoms with Crippen LogP contribution in [-0.2, 0) is 0 Å². The molecule has 0 aliphatic rings. The van der Waals surface area contributed by atoms with Crippen LogP contribution in [0.3, 0.4) is 0 Å². The number of rotatable bonds is 4. The summed E-state index contributed by atoms with van der Waals surface area (Å²) in [6.45, 7) is 3.61. The highest BCUT2D eigenvalue weighted by Crippen LogP contribution is 1.80. The molecule has 9 heavy (non-hydrogen) atoms. The molecule has 0 saturated carbocycles. The van der Waals surface area contributed by atoms with Gasteiger partial charge in [-0.2, -0.15) is 0 Å². The number of nitrogens with one attached hydrogen (secondary N) is 2. The van der Waals surface area contributed by atoms with Gasteiger partial charge in [0.1, 0.15) is 0 Å². The fourth-order valence-electron chi connectivity index (χ4n) is 0.427. The fraction of sp³-hybridized carbons (Fsp3) is 0.500. The minimum atomic E-state index is 0.691. The van der Waals surface area contributed by atoms with E-state index in [1.54, 1.807) is 0 Å². The van der Waals surface area contributed by atoms with Gasteiger partial charge in [-0.25, -0.2) is 0 Å². The van der Waals surface area contributed by atoms with Crippen molar-refractivity contribution in [1.29, 1.82) is 5.41 Å². The van der Waals surface area contributed by atoms with E-state index in [-0.39, 0.29) is 0 Å². The first kappa shape index (κ1) is 8.17. The molecule has 0 fully saturated rings. The van der Waals surface area contributed by atoms with E-state index < -0.39 is 0 Å². The summed E-state index contributed by atoms with van der Waals surface area (Å²) in [5.41, 5.74) is 5.99. The van der Waals surface area contributed by atoms with Gasteiger partial charge in [-0.1, -0.05) is 6.92 Å². The second-order valence-corrected chi connectivity index (χ2v) is 1.67. The molecule has 0 unspecified atom stereocenters. The van der Waals surface area contributed by atoms with Crippen LogP contribution in [0, 0.1) is 5.41 Å². The van der Waals surface area contributed by atoms with Crippen LogP contribution in [0.15, 0.2) is 11.8 Å². The van der Waals surface area contributed by atoms with E-state index in [2.05, 4.69) is 5.32 Å². The van der Waals surface area contributed by atoms with Gasteiger partial charge in [-0.3, -0.25) is 0 Å². The summed E-state index contributed by atoms with van der Waals surface area (Å²) in [7, 11) is 0. The van der Waals surface area contributed by atoms with Crippen molar-refractivity contribution < 1.29 is 0 Å². The van der Waals surface area contributed by atoms with E-state index in [1.165, 1.54) is 12.4 Å². The molecule has 0 amide bonds. The van der Waals surface area contributed by atoms with Crippen molar-refractivity contribution in [3.05, 3.63) is 11.8 Å². The van der Waals surface area contributed by atoms with Crippen LogP contribution in [0.1, 0.15) is 6.92 Å². The highest BCUT2D eigenvalue weighted by Gasteiger charge is 1.86.